The molecule has 2 aromatic carbocycles. The van der Waals surface area contributed by atoms with E-state index in [9.17, 15) is 4.79 Å². The van der Waals surface area contributed by atoms with Crippen LogP contribution < -0.4 is 5.32 Å². The molecule has 1 heterocycles. The van der Waals surface area contributed by atoms with Gasteiger partial charge in [-0.2, -0.15) is 0 Å². The summed E-state index contributed by atoms with van der Waals surface area (Å²) in [6.45, 7) is -0.207. The van der Waals surface area contributed by atoms with Gasteiger partial charge < -0.3 is 14.8 Å². The quantitative estimate of drug-likeness (QED) is 0.599. The molecular weight excluding hydrogens is 385 g/mol. The Kier molecular flexibility index (Phi) is 5.35. The summed E-state index contributed by atoms with van der Waals surface area (Å²) in [5, 5.41) is 13.0. The summed E-state index contributed by atoms with van der Waals surface area (Å²) >= 11 is 18.2. The Morgan fingerprint density at radius 3 is 2.48 bits per heavy atom. The van der Waals surface area contributed by atoms with E-state index in [1.807, 2.05) is 0 Å². The van der Waals surface area contributed by atoms with Crippen LogP contribution >= 0.6 is 34.8 Å². The van der Waals surface area contributed by atoms with Crippen LogP contribution in [-0.4, -0.2) is 11.0 Å². The standard InChI is InChI=1S/C18H12Cl3NO3/c19-10-1-4-16(21)14(7-10)18(24)22-11-2-5-15(20)13(8-11)17-6-3-12(9-23)25-17/h1-8,23H,9H2,(H,22,24). The number of hydrogen-bond donors (Lipinski definition) is 2. The third kappa shape index (κ3) is 3.99. The highest BCUT2D eigenvalue weighted by Crippen LogP contribution is 2.32. The Balaban J connectivity index is 1.89. The van der Waals surface area contributed by atoms with E-state index in [0.717, 1.165) is 0 Å². The third-order valence-electron chi connectivity index (χ3n) is 3.48. The van der Waals surface area contributed by atoms with E-state index in [-0.39, 0.29) is 12.2 Å². The van der Waals surface area contributed by atoms with E-state index >= 15 is 0 Å². The molecule has 7 heteroatoms. The number of hydrogen-bond acceptors (Lipinski definition) is 3. The summed E-state index contributed by atoms with van der Waals surface area (Å²) in [5.74, 6) is 0.522. The van der Waals surface area contributed by atoms with Gasteiger partial charge in [-0.3, -0.25) is 4.79 Å². The zero-order chi connectivity index (χ0) is 18.0. The molecule has 0 aliphatic rings. The molecule has 4 nitrogen and oxygen atoms in total. The molecular formula is C18H12Cl3NO3. The molecule has 0 atom stereocenters. The first-order valence-corrected chi connectivity index (χ1v) is 8.37. The van der Waals surface area contributed by atoms with Crippen LogP contribution in [0.2, 0.25) is 15.1 Å². The molecule has 0 fully saturated rings. The number of nitrogens with one attached hydrogen (secondary N) is 1. The Bertz CT molecular complexity index is 937. The van der Waals surface area contributed by atoms with Crippen LogP contribution in [0.25, 0.3) is 11.3 Å². The molecule has 1 aromatic heterocycles. The molecule has 0 unspecified atom stereocenters. The van der Waals surface area contributed by atoms with E-state index in [0.29, 0.717) is 37.8 Å². The highest BCUT2D eigenvalue weighted by Gasteiger charge is 2.14. The number of amides is 1. The first kappa shape index (κ1) is 17.8. The zero-order valence-corrected chi connectivity index (χ0v) is 15.0. The molecule has 0 aliphatic carbocycles. The van der Waals surface area contributed by atoms with E-state index in [2.05, 4.69) is 5.32 Å². The number of carbonyl (C=O) groups is 1. The number of halogens is 3. The first-order valence-electron chi connectivity index (χ1n) is 7.24. The molecule has 0 bridgehead atoms. The maximum atomic E-state index is 12.4. The minimum Gasteiger partial charge on any atom is -0.459 e. The van der Waals surface area contributed by atoms with Crippen molar-refractivity contribution in [2.45, 2.75) is 6.61 Å². The number of anilines is 1. The van der Waals surface area contributed by atoms with Crippen molar-refractivity contribution in [2.75, 3.05) is 5.32 Å². The lowest BCUT2D eigenvalue weighted by Gasteiger charge is -2.09. The van der Waals surface area contributed by atoms with E-state index in [1.165, 1.54) is 6.07 Å². The van der Waals surface area contributed by atoms with Gasteiger partial charge in [-0.25, -0.2) is 0 Å². The highest BCUT2D eigenvalue weighted by molar-refractivity contribution is 6.36. The fourth-order valence-corrected chi connectivity index (χ4v) is 2.86. The van der Waals surface area contributed by atoms with Gasteiger partial charge in [0.05, 0.1) is 15.6 Å². The minimum atomic E-state index is -0.392. The second kappa shape index (κ2) is 7.50. The summed E-state index contributed by atoms with van der Waals surface area (Å²) in [6.07, 6.45) is 0. The molecule has 3 aromatic rings. The average molecular weight is 397 g/mol. The van der Waals surface area contributed by atoms with Crippen LogP contribution in [0.3, 0.4) is 0 Å². The lowest BCUT2D eigenvalue weighted by Crippen LogP contribution is -2.12. The van der Waals surface area contributed by atoms with Crippen LogP contribution in [0, 0.1) is 0 Å². The zero-order valence-electron chi connectivity index (χ0n) is 12.7. The summed E-state index contributed by atoms with van der Waals surface area (Å²) in [7, 11) is 0. The number of rotatable bonds is 4. The topological polar surface area (TPSA) is 62.5 Å². The predicted octanol–water partition coefficient (Wildman–Crippen LogP) is 5.65. The van der Waals surface area contributed by atoms with Crippen molar-refractivity contribution in [1.29, 1.82) is 0 Å². The van der Waals surface area contributed by atoms with Gasteiger partial charge in [-0.15, -0.1) is 0 Å². The Labute approximate surface area is 158 Å². The second-order valence-electron chi connectivity index (χ2n) is 5.20. The molecule has 0 spiro atoms. The van der Waals surface area contributed by atoms with Crippen molar-refractivity contribution >= 4 is 46.4 Å². The minimum absolute atomic E-state index is 0.207. The second-order valence-corrected chi connectivity index (χ2v) is 6.45. The van der Waals surface area contributed by atoms with Gasteiger partial charge in [-0.1, -0.05) is 34.8 Å². The monoisotopic (exact) mass is 395 g/mol. The third-order valence-corrected chi connectivity index (χ3v) is 4.37. The number of benzene rings is 2. The van der Waals surface area contributed by atoms with Crippen LogP contribution in [0.4, 0.5) is 5.69 Å². The largest absolute Gasteiger partial charge is 0.459 e. The lowest BCUT2D eigenvalue weighted by atomic mass is 10.1. The molecule has 0 radical (unpaired) electrons. The van der Waals surface area contributed by atoms with Gasteiger partial charge >= 0.3 is 0 Å². The Hall–Kier alpha value is -1.98. The van der Waals surface area contributed by atoms with E-state index < -0.39 is 5.91 Å². The van der Waals surface area contributed by atoms with Crippen molar-refractivity contribution in [3.63, 3.8) is 0 Å². The fraction of sp³-hybridized carbons (Fsp3) is 0.0556. The van der Waals surface area contributed by atoms with Gasteiger partial charge in [0, 0.05) is 16.3 Å². The van der Waals surface area contributed by atoms with Crippen molar-refractivity contribution in [3.8, 4) is 11.3 Å². The van der Waals surface area contributed by atoms with Gasteiger partial charge in [-0.05, 0) is 48.5 Å². The summed E-state index contributed by atoms with van der Waals surface area (Å²) in [4.78, 5) is 12.4. The number of aliphatic hydroxyl groups is 1. The van der Waals surface area contributed by atoms with Gasteiger partial charge in [0.25, 0.3) is 5.91 Å². The van der Waals surface area contributed by atoms with Crippen molar-refractivity contribution in [1.82, 2.24) is 0 Å². The molecule has 0 saturated carbocycles. The molecule has 25 heavy (non-hydrogen) atoms. The van der Waals surface area contributed by atoms with Gasteiger partial charge in [0.1, 0.15) is 18.1 Å². The predicted molar refractivity (Wildman–Crippen MR) is 99.5 cm³/mol. The Morgan fingerprint density at radius 1 is 1.00 bits per heavy atom. The van der Waals surface area contributed by atoms with Crippen LogP contribution in [-0.2, 0) is 6.61 Å². The molecule has 3 rings (SSSR count). The summed E-state index contributed by atoms with van der Waals surface area (Å²) in [5.41, 5.74) is 1.38. The molecule has 2 N–H and O–H groups in total. The van der Waals surface area contributed by atoms with Crippen LogP contribution in [0.15, 0.2) is 52.9 Å². The van der Waals surface area contributed by atoms with Gasteiger partial charge in [0.2, 0.25) is 0 Å². The molecule has 0 saturated heterocycles. The van der Waals surface area contributed by atoms with E-state index in [1.54, 1.807) is 42.5 Å². The summed E-state index contributed by atoms with van der Waals surface area (Å²) in [6, 6.07) is 13.0. The number of carbonyl (C=O) groups excluding carboxylic acids is 1. The smallest absolute Gasteiger partial charge is 0.257 e. The first-order chi connectivity index (χ1) is 12.0. The van der Waals surface area contributed by atoms with Crippen LogP contribution in [0.1, 0.15) is 16.1 Å². The molecule has 128 valence electrons. The SMILES string of the molecule is O=C(Nc1ccc(Cl)c(-c2ccc(CO)o2)c1)c1cc(Cl)ccc1Cl. The van der Waals surface area contributed by atoms with Crippen molar-refractivity contribution in [2.24, 2.45) is 0 Å². The molecule has 1 amide bonds. The lowest BCUT2D eigenvalue weighted by molar-refractivity contribution is 0.102. The Morgan fingerprint density at radius 2 is 1.76 bits per heavy atom. The number of aliphatic hydroxyl groups excluding tert-OH is 1. The van der Waals surface area contributed by atoms with Crippen molar-refractivity contribution < 1.29 is 14.3 Å². The van der Waals surface area contributed by atoms with Crippen LogP contribution in [0.5, 0.6) is 0 Å². The fourth-order valence-electron chi connectivity index (χ4n) is 2.27. The normalized spacial score (nSPS) is 10.7. The van der Waals surface area contributed by atoms with Gasteiger partial charge in [0.15, 0.2) is 0 Å². The molecule has 0 aliphatic heterocycles. The highest BCUT2D eigenvalue weighted by atomic mass is 35.5. The average Bonchev–Trinajstić information content (AvgIpc) is 3.07. The summed E-state index contributed by atoms with van der Waals surface area (Å²) < 4.78 is 5.49. The van der Waals surface area contributed by atoms with Crippen molar-refractivity contribution in [3.05, 3.63) is 74.9 Å². The number of furan rings is 1. The van der Waals surface area contributed by atoms with E-state index in [4.69, 9.17) is 44.3 Å². The maximum Gasteiger partial charge on any atom is 0.257 e. The maximum absolute atomic E-state index is 12.4.